The van der Waals surface area contributed by atoms with Gasteiger partial charge in [0.25, 0.3) is 0 Å². The number of rotatable bonds is 2. The zero-order valence-corrected chi connectivity index (χ0v) is 9.35. The Morgan fingerprint density at radius 3 is 2.22 bits per heavy atom. The fraction of sp³-hybridized carbons (Fsp3) is 0.778. The van der Waals surface area contributed by atoms with E-state index in [-0.39, 0.29) is 24.3 Å². The van der Waals surface area contributed by atoms with E-state index in [1.165, 1.54) is 7.05 Å². The number of amides is 2. The molecule has 104 valence electrons. The SMILES string of the molecule is CNC(=O)C1CCCN1C(=O)C(F)(F)C(F)(F)F. The highest BCUT2D eigenvalue weighted by molar-refractivity contribution is 5.91. The van der Waals surface area contributed by atoms with Crippen molar-refractivity contribution in [3.8, 4) is 0 Å². The van der Waals surface area contributed by atoms with Crippen LogP contribution in [0.4, 0.5) is 22.0 Å². The lowest BCUT2D eigenvalue weighted by molar-refractivity contribution is -0.274. The first kappa shape index (κ1) is 14.7. The van der Waals surface area contributed by atoms with E-state index in [0.717, 1.165) is 0 Å². The second kappa shape index (κ2) is 4.69. The van der Waals surface area contributed by atoms with Crippen molar-refractivity contribution in [3.05, 3.63) is 0 Å². The summed E-state index contributed by atoms with van der Waals surface area (Å²) >= 11 is 0. The van der Waals surface area contributed by atoms with Gasteiger partial charge >= 0.3 is 18.0 Å². The summed E-state index contributed by atoms with van der Waals surface area (Å²) in [7, 11) is 1.21. The fourth-order valence-corrected chi connectivity index (χ4v) is 1.75. The molecule has 1 aliphatic heterocycles. The maximum atomic E-state index is 12.9. The van der Waals surface area contributed by atoms with Crippen LogP contribution in [0.15, 0.2) is 0 Å². The Balaban J connectivity index is 2.93. The maximum absolute atomic E-state index is 12.9. The number of hydrogen-bond acceptors (Lipinski definition) is 2. The normalized spacial score (nSPS) is 21.0. The van der Waals surface area contributed by atoms with Crippen LogP contribution in [-0.4, -0.2) is 48.4 Å². The Morgan fingerprint density at radius 1 is 1.22 bits per heavy atom. The molecule has 0 spiro atoms. The molecule has 0 aromatic heterocycles. The van der Waals surface area contributed by atoms with Crippen molar-refractivity contribution in [3.63, 3.8) is 0 Å². The highest BCUT2D eigenvalue weighted by atomic mass is 19.4. The average molecular weight is 274 g/mol. The molecule has 1 heterocycles. The molecule has 1 aliphatic rings. The largest absolute Gasteiger partial charge is 0.463 e. The first-order chi connectivity index (χ1) is 8.13. The molecule has 0 aliphatic carbocycles. The molecular formula is C9H11F5N2O2. The van der Waals surface area contributed by atoms with Crippen molar-refractivity contribution in [1.29, 1.82) is 0 Å². The minimum Gasteiger partial charge on any atom is -0.357 e. The monoisotopic (exact) mass is 274 g/mol. The van der Waals surface area contributed by atoms with Gasteiger partial charge in [0.1, 0.15) is 6.04 Å². The van der Waals surface area contributed by atoms with Crippen LogP contribution < -0.4 is 5.32 Å². The lowest BCUT2D eigenvalue weighted by atomic mass is 10.2. The molecule has 0 aromatic carbocycles. The molecule has 1 rings (SSSR count). The van der Waals surface area contributed by atoms with Crippen LogP contribution in [-0.2, 0) is 9.59 Å². The van der Waals surface area contributed by atoms with Gasteiger partial charge in [-0.25, -0.2) is 0 Å². The molecule has 1 N–H and O–H groups in total. The summed E-state index contributed by atoms with van der Waals surface area (Å²) < 4.78 is 61.9. The van der Waals surface area contributed by atoms with Gasteiger partial charge in [0.15, 0.2) is 0 Å². The molecule has 0 saturated carbocycles. The van der Waals surface area contributed by atoms with E-state index in [2.05, 4.69) is 5.32 Å². The van der Waals surface area contributed by atoms with Crippen molar-refractivity contribution in [1.82, 2.24) is 10.2 Å². The van der Waals surface area contributed by atoms with Gasteiger partial charge in [0.2, 0.25) is 5.91 Å². The Labute approximate surface area is 99.1 Å². The third-order valence-corrected chi connectivity index (χ3v) is 2.69. The van der Waals surface area contributed by atoms with Gasteiger partial charge in [-0.1, -0.05) is 0 Å². The summed E-state index contributed by atoms with van der Waals surface area (Å²) in [4.78, 5) is 22.8. The molecule has 1 fully saturated rings. The minimum atomic E-state index is -5.96. The molecule has 0 bridgehead atoms. The van der Waals surface area contributed by atoms with Gasteiger partial charge in [-0.05, 0) is 12.8 Å². The zero-order valence-electron chi connectivity index (χ0n) is 9.35. The first-order valence-electron chi connectivity index (χ1n) is 5.10. The number of hydrogen-bond donors (Lipinski definition) is 1. The first-order valence-corrected chi connectivity index (χ1v) is 5.10. The second-order valence-electron chi connectivity index (χ2n) is 3.84. The van der Waals surface area contributed by atoms with E-state index in [1.54, 1.807) is 0 Å². The number of likely N-dealkylation sites (tertiary alicyclic amines) is 1. The smallest absolute Gasteiger partial charge is 0.357 e. The molecular weight excluding hydrogens is 263 g/mol. The van der Waals surface area contributed by atoms with Crippen molar-refractivity contribution in [2.24, 2.45) is 0 Å². The highest BCUT2D eigenvalue weighted by Gasteiger charge is 2.65. The summed E-state index contributed by atoms with van der Waals surface area (Å²) in [5.74, 6) is -8.59. The Morgan fingerprint density at radius 2 is 1.78 bits per heavy atom. The van der Waals surface area contributed by atoms with Gasteiger partial charge in [-0.2, -0.15) is 22.0 Å². The van der Waals surface area contributed by atoms with E-state index < -0.39 is 30.0 Å². The van der Waals surface area contributed by atoms with E-state index in [9.17, 15) is 31.5 Å². The number of carbonyl (C=O) groups is 2. The van der Waals surface area contributed by atoms with Crippen LogP contribution in [0, 0.1) is 0 Å². The molecule has 0 aromatic rings. The van der Waals surface area contributed by atoms with E-state index >= 15 is 0 Å². The molecule has 9 heteroatoms. The molecule has 18 heavy (non-hydrogen) atoms. The van der Waals surface area contributed by atoms with Crippen LogP contribution >= 0.6 is 0 Å². The summed E-state index contributed by atoms with van der Waals surface area (Å²) in [6.07, 6.45) is -5.68. The number of likely N-dealkylation sites (N-methyl/N-ethyl adjacent to an activating group) is 1. The maximum Gasteiger partial charge on any atom is 0.463 e. The lowest BCUT2D eigenvalue weighted by Gasteiger charge is -2.28. The average Bonchev–Trinajstić information content (AvgIpc) is 2.73. The Hall–Kier alpha value is -1.41. The van der Waals surface area contributed by atoms with Crippen molar-refractivity contribution < 1.29 is 31.5 Å². The molecule has 1 unspecified atom stereocenters. The number of halogens is 5. The predicted octanol–water partition coefficient (Wildman–Crippen LogP) is 0.921. The van der Waals surface area contributed by atoms with Crippen molar-refractivity contribution >= 4 is 11.8 Å². The molecule has 1 atom stereocenters. The van der Waals surface area contributed by atoms with Gasteiger partial charge in [-0.15, -0.1) is 0 Å². The molecule has 0 radical (unpaired) electrons. The topological polar surface area (TPSA) is 49.4 Å². The number of alkyl halides is 5. The number of nitrogens with zero attached hydrogens (tertiary/aromatic N) is 1. The third-order valence-electron chi connectivity index (χ3n) is 2.69. The quantitative estimate of drug-likeness (QED) is 0.761. The highest BCUT2D eigenvalue weighted by Crippen LogP contribution is 2.38. The van der Waals surface area contributed by atoms with Gasteiger partial charge in [0, 0.05) is 13.6 Å². The number of nitrogens with one attached hydrogen (secondary N) is 1. The fourth-order valence-electron chi connectivity index (χ4n) is 1.75. The van der Waals surface area contributed by atoms with Crippen LogP contribution in [0.5, 0.6) is 0 Å². The molecule has 4 nitrogen and oxygen atoms in total. The summed E-state index contributed by atoms with van der Waals surface area (Å²) in [5, 5.41) is 2.12. The van der Waals surface area contributed by atoms with Gasteiger partial charge in [-0.3, -0.25) is 9.59 Å². The van der Waals surface area contributed by atoms with Crippen molar-refractivity contribution in [2.75, 3.05) is 13.6 Å². The zero-order chi connectivity index (χ0) is 14.1. The van der Waals surface area contributed by atoms with E-state index in [1.807, 2.05) is 0 Å². The third kappa shape index (κ3) is 2.39. The standard InChI is InChI=1S/C9H11F5N2O2/c1-15-6(17)5-3-2-4-16(5)7(18)8(10,11)9(12,13)14/h5H,2-4H2,1H3,(H,15,17). The number of carbonyl (C=O) groups excluding carboxylic acids is 2. The Kier molecular flexibility index (Phi) is 3.82. The van der Waals surface area contributed by atoms with Gasteiger partial charge < -0.3 is 10.2 Å². The second-order valence-corrected chi connectivity index (χ2v) is 3.84. The summed E-state index contributed by atoms with van der Waals surface area (Å²) in [5.41, 5.74) is 0. The summed E-state index contributed by atoms with van der Waals surface area (Å²) in [6, 6.07) is -1.27. The molecule has 1 saturated heterocycles. The lowest BCUT2D eigenvalue weighted by Crippen LogP contribution is -2.55. The van der Waals surface area contributed by atoms with Crippen LogP contribution in [0.2, 0.25) is 0 Å². The molecule has 2 amide bonds. The minimum absolute atomic E-state index is 0.0688. The van der Waals surface area contributed by atoms with E-state index in [0.29, 0.717) is 0 Å². The van der Waals surface area contributed by atoms with Crippen LogP contribution in [0.1, 0.15) is 12.8 Å². The van der Waals surface area contributed by atoms with E-state index in [4.69, 9.17) is 0 Å². The van der Waals surface area contributed by atoms with Crippen LogP contribution in [0.25, 0.3) is 0 Å². The van der Waals surface area contributed by atoms with Crippen molar-refractivity contribution in [2.45, 2.75) is 31.0 Å². The summed E-state index contributed by atoms with van der Waals surface area (Å²) in [6.45, 7) is -0.289. The van der Waals surface area contributed by atoms with Gasteiger partial charge in [0.05, 0.1) is 0 Å². The van der Waals surface area contributed by atoms with Crippen LogP contribution in [0.3, 0.4) is 0 Å². The predicted molar refractivity (Wildman–Crippen MR) is 49.8 cm³/mol. The Bertz CT molecular complexity index is 355.